The molecule has 0 unspecified atom stereocenters. The summed E-state index contributed by atoms with van der Waals surface area (Å²) in [6.45, 7) is 0. The normalized spacial score (nSPS) is 12.4. The van der Waals surface area contributed by atoms with Crippen molar-refractivity contribution in [3.63, 3.8) is 0 Å². The molecule has 0 spiro atoms. The standard InChI is InChI=1S/C47H32N4O/c1-3-12-34(13-4-1)45-48-46(35-14-5-2-6-15-35)50-47(49-45)51-41-17-9-7-11-33(41)23-24-38-29-36(25-27-42(38)51)31-19-21-32(22-20-31)37-26-28-44-40(30-37)39-16-8-10-18-43(39)52-44/h1-22,25-30H,23-24H2. The van der Waals surface area contributed by atoms with Crippen LogP contribution in [0.5, 0.6) is 0 Å². The van der Waals surface area contributed by atoms with Gasteiger partial charge >= 0.3 is 0 Å². The molecule has 0 amide bonds. The van der Waals surface area contributed by atoms with Crippen LogP contribution in [0.4, 0.5) is 17.3 Å². The Morgan fingerprint density at radius 3 is 1.65 bits per heavy atom. The summed E-state index contributed by atoms with van der Waals surface area (Å²) in [7, 11) is 0. The minimum atomic E-state index is 0.600. The summed E-state index contributed by atoms with van der Waals surface area (Å²) in [5.74, 6) is 1.89. The van der Waals surface area contributed by atoms with E-state index in [1.165, 1.54) is 33.4 Å². The van der Waals surface area contributed by atoms with E-state index >= 15 is 0 Å². The van der Waals surface area contributed by atoms with Crippen molar-refractivity contribution in [2.45, 2.75) is 12.8 Å². The predicted molar refractivity (Wildman–Crippen MR) is 211 cm³/mol. The third kappa shape index (κ3) is 5.31. The molecular formula is C47H32N4O. The number of furan rings is 1. The second-order valence-electron chi connectivity index (χ2n) is 13.2. The average Bonchev–Trinajstić information content (AvgIpc) is 3.50. The zero-order valence-corrected chi connectivity index (χ0v) is 28.3. The van der Waals surface area contributed by atoms with Crippen molar-refractivity contribution in [1.29, 1.82) is 0 Å². The molecule has 10 rings (SSSR count). The molecule has 5 heteroatoms. The van der Waals surface area contributed by atoms with E-state index in [1.807, 2.05) is 72.8 Å². The monoisotopic (exact) mass is 668 g/mol. The molecule has 2 aromatic heterocycles. The van der Waals surface area contributed by atoms with Crippen LogP contribution in [0.15, 0.2) is 174 Å². The lowest BCUT2D eigenvalue weighted by Gasteiger charge is -2.26. The van der Waals surface area contributed by atoms with Crippen LogP contribution < -0.4 is 4.90 Å². The van der Waals surface area contributed by atoms with Gasteiger partial charge < -0.3 is 4.42 Å². The zero-order valence-electron chi connectivity index (χ0n) is 28.3. The SMILES string of the molecule is c1ccc(-c2nc(-c3ccccc3)nc(N3c4ccccc4CCc4cc(-c5ccc(-c6ccc7oc8ccccc8c7c6)cc5)ccc43)n2)cc1. The third-order valence-electron chi connectivity index (χ3n) is 10.0. The molecule has 0 saturated carbocycles. The van der Waals surface area contributed by atoms with Gasteiger partial charge in [-0.1, -0.05) is 133 Å². The quantitative estimate of drug-likeness (QED) is 0.183. The zero-order chi connectivity index (χ0) is 34.4. The smallest absolute Gasteiger partial charge is 0.238 e. The number of rotatable bonds is 5. The fourth-order valence-electron chi connectivity index (χ4n) is 7.40. The van der Waals surface area contributed by atoms with Gasteiger partial charge in [-0.05, 0) is 82.6 Å². The highest BCUT2D eigenvalue weighted by atomic mass is 16.3. The van der Waals surface area contributed by atoms with Crippen LogP contribution in [0.2, 0.25) is 0 Å². The van der Waals surface area contributed by atoms with Crippen molar-refractivity contribution < 1.29 is 4.42 Å². The maximum Gasteiger partial charge on any atom is 0.238 e. The van der Waals surface area contributed by atoms with Crippen LogP contribution in [0.25, 0.3) is 67.0 Å². The maximum absolute atomic E-state index is 6.07. The third-order valence-corrected chi connectivity index (χ3v) is 10.0. The lowest BCUT2D eigenvalue weighted by Crippen LogP contribution is -2.16. The molecule has 1 aliphatic heterocycles. The number of aryl methyl sites for hydroxylation is 2. The molecule has 7 aromatic carbocycles. The van der Waals surface area contributed by atoms with Gasteiger partial charge in [0.1, 0.15) is 11.2 Å². The minimum Gasteiger partial charge on any atom is -0.456 e. The number of benzene rings is 7. The molecule has 0 bridgehead atoms. The first-order chi connectivity index (χ1) is 25.7. The molecular weight excluding hydrogens is 637 g/mol. The molecule has 246 valence electrons. The molecule has 0 aliphatic carbocycles. The van der Waals surface area contributed by atoms with Gasteiger partial charge in [-0.15, -0.1) is 0 Å². The lowest BCUT2D eigenvalue weighted by atomic mass is 9.96. The summed E-state index contributed by atoms with van der Waals surface area (Å²) in [6.07, 6.45) is 1.81. The van der Waals surface area contributed by atoms with E-state index in [0.717, 1.165) is 57.3 Å². The molecule has 0 fully saturated rings. The molecule has 0 atom stereocenters. The molecule has 0 N–H and O–H groups in total. The summed E-state index contributed by atoms with van der Waals surface area (Å²) in [5.41, 5.74) is 13.1. The summed E-state index contributed by atoms with van der Waals surface area (Å²) < 4.78 is 6.07. The Hall–Kier alpha value is -6.85. The van der Waals surface area contributed by atoms with Crippen molar-refractivity contribution in [2.75, 3.05) is 4.90 Å². The molecule has 0 saturated heterocycles. The second-order valence-corrected chi connectivity index (χ2v) is 13.2. The highest BCUT2D eigenvalue weighted by Crippen LogP contribution is 2.43. The molecule has 3 heterocycles. The molecule has 52 heavy (non-hydrogen) atoms. The fraction of sp³-hybridized carbons (Fsp3) is 0.0426. The van der Waals surface area contributed by atoms with E-state index in [4.69, 9.17) is 19.4 Å². The number of para-hydroxylation sites is 2. The summed E-state index contributed by atoms with van der Waals surface area (Å²) >= 11 is 0. The summed E-state index contributed by atoms with van der Waals surface area (Å²) in [4.78, 5) is 17.5. The largest absolute Gasteiger partial charge is 0.456 e. The van der Waals surface area contributed by atoms with Gasteiger partial charge in [0, 0.05) is 21.9 Å². The fourth-order valence-corrected chi connectivity index (χ4v) is 7.40. The Bertz CT molecular complexity index is 2680. The van der Waals surface area contributed by atoms with Crippen LogP contribution in [-0.4, -0.2) is 15.0 Å². The van der Waals surface area contributed by atoms with Crippen LogP contribution in [0, 0.1) is 0 Å². The first-order valence-electron chi connectivity index (χ1n) is 17.7. The van der Waals surface area contributed by atoms with Gasteiger partial charge in [-0.2, -0.15) is 9.97 Å². The minimum absolute atomic E-state index is 0.600. The van der Waals surface area contributed by atoms with Crippen LogP contribution in [0.3, 0.4) is 0 Å². The van der Waals surface area contributed by atoms with Gasteiger partial charge in [-0.25, -0.2) is 4.98 Å². The molecule has 0 radical (unpaired) electrons. The Balaban J connectivity index is 1.06. The number of fused-ring (bicyclic) bond motifs is 5. The second kappa shape index (κ2) is 12.5. The van der Waals surface area contributed by atoms with E-state index in [9.17, 15) is 0 Å². The highest BCUT2D eigenvalue weighted by molar-refractivity contribution is 6.06. The van der Waals surface area contributed by atoms with Gasteiger partial charge in [0.2, 0.25) is 5.95 Å². The summed E-state index contributed by atoms with van der Waals surface area (Å²) in [5, 5.41) is 2.28. The van der Waals surface area contributed by atoms with E-state index in [-0.39, 0.29) is 0 Å². The lowest BCUT2D eigenvalue weighted by molar-refractivity contribution is 0.669. The molecule has 5 nitrogen and oxygen atoms in total. The van der Waals surface area contributed by atoms with Crippen LogP contribution >= 0.6 is 0 Å². The first kappa shape index (κ1) is 30.0. The Labute approximate surface area is 301 Å². The average molecular weight is 669 g/mol. The molecule has 1 aliphatic rings. The number of hydrogen-bond acceptors (Lipinski definition) is 5. The Morgan fingerprint density at radius 2 is 0.923 bits per heavy atom. The van der Waals surface area contributed by atoms with Gasteiger partial charge in [0.15, 0.2) is 11.6 Å². The van der Waals surface area contributed by atoms with E-state index < -0.39 is 0 Å². The van der Waals surface area contributed by atoms with E-state index in [2.05, 4.69) is 102 Å². The number of nitrogens with zero attached hydrogens (tertiary/aromatic N) is 4. The highest BCUT2D eigenvalue weighted by Gasteiger charge is 2.26. The van der Waals surface area contributed by atoms with Crippen molar-refractivity contribution in [1.82, 2.24) is 15.0 Å². The van der Waals surface area contributed by atoms with Gasteiger partial charge in [0.25, 0.3) is 0 Å². The topological polar surface area (TPSA) is 55.1 Å². The van der Waals surface area contributed by atoms with Gasteiger partial charge in [0.05, 0.1) is 11.4 Å². The van der Waals surface area contributed by atoms with Crippen LogP contribution in [-0.2, 0) is 12.8 Å². The van der Waals surface area contributed by atoms with Crippen molar-refractivity contribution in [3.8, 4) is 45.0 Å². The Kier molecular flexibility index (Phi) is 7.21. The number of aromatic nitrogens is 3. The van der Waals surface area contributed by atoms with Crippen LogP contribution in [0.1, 0.15) is 11.1 Å². The maximum atomic E-state index is 6.07. The number of hydrogen-bond donors (Lipinski definition) is 0. The summed E-state index contributed by atoms with van der Waals surface area (Å²) in [6, 6.07) is 59.2. The Morgan fingerprint density at radius 1 is 0.385 bits per heavy atom. The van der Waals surface area contributed by atoms with Crippen molar-refractivity contribution in [3.05, 3.63) is 181 Å². The van der Waals surface area contributed by atoms with Crippen molar-refractivity contribution in [2.24, 2.45) is 0 Å². The number of anilines is 3. The van der Waals surface area contributed by atoms with Gasteiger partial charge in [-0.3, -0.25) is 4.90 Å². The molecule has 9 aromatic rings. The first-order valence-corrected chi connectivity index (χ1v) is 17.7. The predicted octanol–water partition coefficient (Wildman–Crippen LogP) is 12.0. The van der Waals surface area contributed by atoms with E-state index in [1.54, 1.807) is 0 Å². The van der Waals surface area contributed by atoms with Crippen molar-refractivity contribution >= 4 is 39.3 Å². The van der Waals surface area contributed by atoms with E-state index in [0.29, 0.717) is 17.6 Å².